The minimum atomic E-state index is -2.12. The zero-order valence-corrected chi connectivity index (χ0v) is 30.9. The second-order valence-electron chi connectivity index (χ2n) is 15.7. The van der Waals surface area contributed by atoms with Crippen molar-refractivity contribution < 1.29 is 38.1 Å². The van der Waals surface area contributed by atoms with E-state index in [0.717, 1.165) is 10.5 Å². The molecule has 4 heterocycles. The van der Waals surface area contributed by atoms with Gasteiger partial charge in [0.15, 0.2) is 11.5 Å². The lowest BCUT2D eigenvalue weighted by Crippen LogP contribution is -2.70. The van der Waals surface area contributed by atoms with E-state index >= 15 is 9.59 Å². The molecule has 282 valence electrons. The average molecular weight is 753 g/mol. The monoisotopic (exact) mass is 752 g/mol. The van der Waals surface area contributed by atoms with E-state index in [2.05, 4.69) is 5.16 Å². The summed E-state index contributed by atoms with van der Waals surface area (Å²) in [7, 11) is 0. The van der Waals surface area contributed by atoms with Gasteiger partial charge in [0.2, 0.25) is 17.6 Å². The molecule has 1 aromatic heterocycles. The fraction of sp³-hybridized carbons (Fsp3) is 0.279. The number of hydrogen-bond donors (Lipinski definition) is 0. The number of para-hydroxylation sites is 3. The van der Waals surface area contributed by atoms with E-state index in [-0.39, 0.29) is 52.8 Å². The molecule has 0 radical (unpaired) electrons. The number of nitrogens with zero attached hydrogens (tertiary/aromatic N) is 4. The van der Waals surface area contributed by atoms with E-state index in [9.17, 15) is 19.7 Å². The highest BCUT2D eigenvalue weighted by atomic mass is 16.6. The Hall–Kier alpha value is -6.63. The fourth-order valence-corrected chi connectivity index (χ4v) is 9.65. The highest BCUT2D eigenvalue weighted by Crippen LogP contribution is 2.70. The number of imide groups is 1. The summed E-state index contributed by atoms with van der Waals surface area (Å²) in [5.74, 6) is -4.53. The van der Waals surface area contributed by atoms with Gasteiger partial charge >= 0.3 is 11.8 Å². The molecule has 3 aliphatic heterocycles. The van der Waals surface area contributed by atoms with Crippen molar-refractivity contribution in [2.45, 2.75) is 69.1 Å². The number of Topliss-reactive ketones (excluding diaryl/α,β-unsaturated/α-hetero) is 1. The van der Waals surface area contributed by atoms with Crippen molar-refractivity contribution in [3.05, 3.63) is 147 Å². The molecule has 56 heavy (non-hydrogen) atoms. The Morgan fingerprint density at radius 1 is 0.893 bits per heavy atom. The van der Waals surface area contributed by atoms with Crippen LogP contribution in [0.3, 0.4) is 0 Å². The van der Waals surface area contributed by atoms with Crippen molar-refractivity contribution in [3.63, 3.8) is 0 Å². The third kappa shape index (κ3) is 4.63. The molecule has 2 spiro atoms. The summed E-state index contributed by atoms with van der Waals surface area (Å²) in [5.41, 5.74) is -3.45. The number of anilines is 2. The molecule has 0 unspecified atom stereocenters. The molecule has 1 saturated carbocycles. The second kappa shape index (κ2) is 12.2. The van der Waals surface area contributed by atoms with Crippen molar-refractivity contribution in [1.82, 2.24) is 5.16 Å². The SMILES string of the molecule is Cc1noc([C@@H]2[C@H]3Oc4ccccc4C(=O)[C@@H]3C[C@@]3(C(=O)N(C(=O)OC(C)(C)C)c4ccccc43)[C@]23C(=O)N(Cc2ccccc2)c2ccccc23)c1[N+](=O)[O-]. The maximum atomic E-state index is 16.3. The zero-order chi connectivity index (χ0) is 39.3. The Morgan fingerprint density at radius 3 is 2.25 bits per heavy atom. The lowest BCUT2D eigenvalue weighted by Gasteiger charge is -2.56. The van der Waals surface area contributed by atoms with Gasteiger partial charge in [0.1, 0.15) is 22.9 Å². The van der Waals surface area contributed by atoms with Gasteiger partial charge in [0.25, 0.3) is 0 Å². The lowest BCUT2D eigenvalue weighted by molar-refractivity contribution is -0.387. The highest BCUT2D eigenvalue weighted by molar-refractivity contribution is 6.26. The molecule has 1 fully saturated rings. The summed E-state index contributed by atoms with van der Waals surface area (Å²) in [4.78, 5) is 76.4. The van der Waals surface area contributed by atoms with E-state index < -0.39 is 62.9 Å². The molecule has 9 rings (SSSR count). The van der Waals surface area contributed by atoms with Crippen molar-refractivity contribution in [2.75, 3.05) is 9.80 Å². The summed E-state index contributed by atoms with van der Waals surface area (Å²) < 4.78 is 18.6. The Balaban J connectivity index is 1.42. The van der Waals surface area contributed by atoms with Gasteiger partial charge < -0.3 is 18.9 Å². The second-order valence-corrected chi connectivity index (χ2v) is 15.7. The maximum Gasteiger partial charge on any atom is 0.421 e. The van der Waals surface area contributed by atoms with Gasteiger partial charge in [-0.3, -0.25) is 24.5 Å². The molecule has 5 atom stereocenters. The predicted octanol–water partition coefficient (Wildman–Crippen LogP) is 7.34. The molecule has 1 aliphatic carbocycles. The number of ketones is 1. The molecule has 5 aromatic rings. The summed E-state index contributed by atoms with van der Waals surface area (Å²) >= 11 is 0. The van der Waals surface area contributed by atoms with Gasteiger partial charge in [-0.2, -0.15) is 0 Å². The number of amides is 3. The molecule has 0 saturated heterocycles. The van der Waals surface area contributed by atoms with E-state index in [1.165, 1.54) is 6.92 Å². The van der Waals surface area contributed by atoms with Crippen molar-refractivity contribution in [1.29, 1.82) is 0 Å². The van der Waals surface area contributed by atoms with E-state index in [0.29, 0.717) is 11.3 Å². The van der Waals surface area contributed by atoms with Gasteiger partial charge in [0, 0.05) is 5.69 Å². The van der Waals surface area contributed by atoms with Crippen molar-refractivity contribution >= 4 is 40.8 Å². The van der Waals surface area contributed by atoms with Crippen LogP contribution in [0.2, 0.25) is 0 Å². The number of carbonyl (C=O) groups is 4. The Bertz CT molecular complexity index is 2510. The predicted molar refractivity (Wildman–Crippen MR) is 202 cm³/mol. The number of aryl methyl sites for hydroxylation is 1. The summed E-state index contributed by atoms with van der Waals surface area (Å²) in [6.45, 7) is 6.52. The fourth-order valence-electron chi connectivity index (χ4n) is 9.65. The molecular formula is C43H36N4O9. The smallest absolute Gasteiger partial charge is 0.421 e. The molecule has 13 nitrogen and oxygen atoms in total. The van der Waals surface area contributed by atoms with Gasteiger partial charge in [-0.05, 0) is 75.1 Å². The van der Waals surface area contributed by atoms with Crippen molar-refractivity contribution in [2.24, 2.45) is 5.92 Å². The van der Waals surface area contributed by atoms with Crippen LogP contribution in [0, 0.1) is 23.0 Å². The van der Waals surface area contributed by atoms with Crippen LogP contribution in [0.1, 0.15) is 71.6 Å². The normalized spacial score (nSPS) is 24.8. The first-order valence-electron chi connectivity index (χ1n) is 18.3. The maximum absolute atomic E-state index is 16.3. The lowest BCUT2D eigenvalue weighted by atomic mass is 9.43. The van der Waals surface area contributed by atoms with E-state index in [1.807, 2.05) is 30.3 Å². The largest absolute Gasteiger partial charge is 0.488 e. The Labute approximate surface area is 320 Å². The minimum Gasteiger partial charge on any atom is -0.488 e. The average Bonchev–Trinajstić information content (AvgIpc) is 3.76. The Morgan fingerprint density at radius 2 is 1.54 bits per heavy atom. The zero-order valence-electron chi connectivity index (χ0n) is 30.9. The molecule has 0 bridgehead atoms. The molecule has 4 aromatic carbocycles. The number of rotatable bonds is 4. The molecule has 13 heteroatoms. The van der Waals surface area contributed by atoms with Gasteiger partial charge in [-0.15, -0.1) is 0 Å². The van der Waals surface area contributed by atoms with Crippen LogP contribution in [-0.4, -0.2) is 45.5 Å². The molecule has 3 amide bonds. The van der Waals surface area contributed by atoms with Crippen LogP contribution < -0.4 is 14.5 Å². The quantitative estimate of drug-likeness (QED) is 0.134. The van der Waals surface area contributed by atoms with Crippen LogP contribution >= 0.6 is 0 Å². The Kier molecular flexibility index (Phi) is 7.64. The van der Waals surface area contributed by atoms with Gasteiger partial charge in [0.05, 0.1) is 40.0 Å². The number of benzene rings is 4. The summed E-state index contributed by atoms with van der Waals surface area (Å²) in [6.07, 6.45) is -2.53. The summed E-state index contributed by atoms with van der Waals surface area (Å²) in [5, 5.41) is 17.1. The number of carbonyl (C=O) groups excluding carboxylic acids is 4. The van der Waals surface area contributed by atoms with Crippen molar-refractivity contribution in [3.8, 4) is 5.75 Å². The number of fused-ring (bicyclic) bond motifs is 7. The summed E-state index contributed by atoms with van der Waals surface area (Å²) in [6, 6.07) is 29.6. The third-order valence-electron chi connectivity index (χ3n) is 11.6. The topological polar surface area (TPSA) is 162 Å². The number of ether oxygens (including phenoxy) is 2. The first-order valence-corrected chi connectivity index (χ1v) is 18.3. The van der Waals surface area contributed by atoms with Gasteiger partial charge in [-0.1, -0.05) is 84.0 Å². The number of nitro groups is 1. The number of hydrogen-bond acceptors (Lipinski definition) is 10. The third-order valence-corrected chi connectivity index (χ3v) is 11.6. The van der Waals surface area contributed by atoms with Crippen LogP contribution in [0.4, 0.5) is 21.9 Å². The van der Waals surface area contributed by atoms with E-state index in [1.54, 1.807) is 98.5 Å². The number of aromatic nitrogens is 1. The molecule has 0 N–H and O–H groups in total. The molecule has 4 aliphatic rings. The van der Waals surface area contributed by atoms with Crippen LogP contribution in [0.25, 0.3) is 0 Å². The first-order chi connectivity index (χ1) is 26.8. The van der Waals surface area contributed by atoms with Crippen LogP contribution in [0.15, 0.2) is 108 Å². The van der Waals surface area contributed by atoms with Crippen LogP contribution in [0.5, 0.6) is 5.75 Å². The van der Waals surface area contributed by atoms with Crippen LogP contribution in [-0.2, 0) is 31.7 Å². The standard InChI is InChI=1S/C43H36N4O9/c1-24-34(47(52)53)37(56-44-24)33-36-27(35(48)26-16-8-13-21-32(26)54-36)22-42(28-17-9-12-20-31(28)46(38(42)49)40(51)55-41(2,3)4)43(33)29-18-10-11-19-30(29)45(39(43)50)23-25-14-6-5-7-15-25/h5-21,27,33,36H,22-23H2,1-4H3/t27-,33-,36-,42+,43-/m0/s1. The first kappa shape index (κ1) is 35.1. The van der Waals surface area contributed by atoms with Gasteiger partial charge in [-0.25, -0.2) is 9.69 Å². The molecular weight excluding hydrogens is 716 g/mol. The minimum absolute atomic E-state index is 0.0627. The highest BCUT2D eigenvalue weighted by Gasteiger charge is 2.80. The van der Waals surface area contributed by atoms with E-state index in [4.69, 9.17) is 14.0 Å².